The molecular formula is C13H18N2O3. The second-order valence-electron chi connectivity index (χ2n) is 4.68. The van der Waals surface area contributed by atoms with Gasteiger partial charge in [-0.2, -0.15) is 0 Å². The summed E-state index contributed by atoms with van der Waals surface area (Å²) in [5.74, 6) is -0.214. The molecule has 1 aliphatic rings. The van der Waals surface area contributed by atoms with Gasteiger partial charge in [-0.15, -0.1) is 0 Å². The van der Waals surface area contributed by atoms with Crippen LogP contribution in [0.1, 0.15) is 29.4 Å². The van der Waals surface area contributed by atoms with Crippen LogP contribution in [0.3, 0.4) is 0 Å². The molecule has 1 amide bonds. The standard InChI is InChI=1S/C13H18N2O3/c1-9-6-12(16)11(7-14-9)13(17)15-4-3-5-18-10(2)8-15/h6-7,10H,3-5,8H2,1-2H3,(H,14,16). The Morgan fingerprint density at radius 1 is 1.56 bits per heavy atom. The minimum absolute atomic E-state index is 0.0148. The Bertz CT molecular complexity index is 495. The van der Waals surface area contributed by atoms with Crippen molar-refractivity contribution in [3.63, 3.8) is 0 Å². The molecule has 0 spiro atoms. The van der Waals surface area contributed by atoms with E-state index in [-0.39, 0.29) is 23.0 Å². The first-order valence-electron chi connectivity index (χ1n) is 6.18. The summed E-state index contributed by atoms with van der Waals surface area (Å²) in [6.07, 6.45) is 2.32. The fourth-order valence-electron chi connectivity index (χ4n) is 2.09. The van der Waals surface area contributed by atoms with Crippen molar-refractivity contribution in [1.29, 1.82) is 0 Å². The van der Waals surface area contributed by atoms with Crippen molar-refractivity contribution >= 4 is 5.91 Å². The Hall–Kier alpha value is -1.62. The SMILES string of the molecule is Cc1cc(=O)c(C(=O)N2CCCOC(C)C2)c[nH]1. The Labute approximate surface area is 106 Å². The lowest BCUT2D eigenvalue weighted by atomic mass is 10.2. The van der Waals surface area contributed by atoms with E-state index in [9.17, 15) is 9.59 Å². The van der Waals surface area contributed by atoms with Gasteiger partial charge in [0, 0.05) is 37.7 Å². The molecule has 0 saturated carbocycles. The summed E-state index contributed by atoms with van der Waals surface area (Å²) in [4.78, 5) is 28.7. The third kappa shape index (κ3) is 2.79. The van der Waals surface area contributed by atoms with Crippen LogP contribution in [0.15, 0.2) is 17.1 Å². The van der Waals surface area contributed by atoms with Gasteiger partial charge in [0.15, 0.2) is 5.43 Å². The molecule has 1 aliphatic heterocycles. The number of carbonyl (C=O) groups is 1. The quantitative estimate of drug-likeness (QED) is 0.806. The van der Waals surface area contributed by atoms with Gasteiger partial charge in [0.05, 0.1) is 6.10 Å². The van der Waals surface area contributed by atoms with Crippen LogP contribution < -0.4 is 5.43 Å². The van der Waals surface area contributed by atoms with Crippen LogP contribution >= 0.6 is 0 Å². The molecule has 2 heterocycles. The summed E-state index contributed by atoms with van der Waals surface area (Å²) in [7, 11) is 0. The normalized spacial score (nSPS) is 20.6. The largest absolute Gasteiger partial charge is 0.377 e. The van der Waals surface area contributed by atoms with Gasteiger partial charge in [0.2, 0.25) is 0 Å². The van der Waals surface area contributed by atoms with Gasteiger partial charge in [0.1, 0.15) is 5.56 Å². The van der Waals surface area contributed by atoms with Gasteiger partial charge in [-0.25, -0.2) is 0 Å². The number of hydrogen-bond acceptors (Lipinski definition) is 3. The van der Waals surface area contributed by atoms with Crippen LogP contribution in [0.2, 0.25) is 0 Å². The third-order valence-electron chi connectivity index (χ3n) is 3.03. The van der Waals surface area contributed by atoms with Crippen LogP contribution in [0.4, 0.5) is 0 Å². The zero-order chi connectivity index (χ0) is 13.1. The zero-order valence-electron chi connectivity index (χ0n) is 10.7. The fourth-order valence-corrected chi connectivity index (χ4v) is 2.09. The number of nitrogens with one attached hydrogen (secondary N) is 1. The molecule has 1 aromatic heterocycles. The predicted molar refractivity (Wildman–Crippen MR) is 67.7 cm³/mol. The van der Waals surface area contributed by atoms with Crippen molar-refractivity contribution in [2.45, 2.75) is 26.4 Å². The number of amides is 1. The summed E-state index contributed by atoms with van der Waals surface area (Å²) in [5, 5.41) is 0. The Morgan fingerprint density at radius 3 is 3.06 bits per heavy atom. The molecule has 0 bridgehead atoms. The minimum atomic E-state index is -0.228. The molecular weight excluding hydrogens is 232 g/mol. The fraction of sp³-hybridized carbons (Fsp3) is 0.538. The van der Waals surface area contributed by atoms with Crippen LogP contribution in [0.5, 0.6) is 0 Å². The Kier molecular flexibility index (Phi) is 3.81. The zero-order valence-corrected chi connectivity index (χ0v) is 10.7. The van der Waals surface area contributed by atoms with E-state index in [4.69, 9.17) is 4.74 Å². The highest BCUT2D eigenvalue weighted by Gasteiger charge is 2.22. The first kappa shape index (κ1) is 12.8. The molecule has 1 fully saturated rings. The van der Waals surface area contributed by atoms with E-state index in [0.29, 0.717) is 19.7 Å². The molecule has 18 heavy (non-hydrogen) atoms. The van der Waals surface area contributed by atoms with Crippen molar-refractivity contribution in [2.24, 2.45) is 0 Å². The van der Waals surface area contributed by atoms with Crippen molar-refractivity contribution in [2.75, 3.05) is 19.7 Å². The second-order valence-corrected chi connectivity index (χ2v) is 4.68. The molecule has 1 saturated heterocycles. The molecule has 0 aromatic carbocycles. The monoisotopic (exact) mass is 250 g/mol. The number of aromatic amines is 1. The lowest BCUT2D eigenvalue weighted by molar-refractivity contribution is 0.0562. The van der Waals surface area contributed by atoms with E-state index in [0.717, 1.165) is 12.1 Å². The molecule has 98 valence electrons. The first-order valence-corrected chi connectivity index (χ1v) is 6.18. The van der Waals surface area contributed by atoms with E-state index in [1.807, 2.05) is 6.92 Å². The lowest BCUT2D eigenvalue weighted by Gasteiger charge is -2.21. The topological polar surface area (TPSA) is 62.4 Å². The van der Waals surface area contributed by atoms with Crippen molar-refractivity contribution in [3.05, 3.63) is 33.7 Å². The van der Waals surface area contributed by atoms with E-state index >= 15 is 0 Å². The average Bonchev–Trinajstić information content (AvgIpc) is 2.53. The van der Waals surface area contributed by atoms with Gasteiger partial charge in [-0.1, -0.05) is 0 Å². The Morgan fingerprint density at radius 2 is 2.33 bits per heavy atom. The molecule has 1 atom stereocenters. The van der Waals surface area contributed by atoms with Crippen LogP contribution in [-0.2, 0) is 4.74 Å². The Balaban J connectivity index is 2.22. The van der Waals surface area contributed by atoms with Gasteiger partial charge in [-0.3, -0.25) is 9.59 Å². The van der Waals surface area contributed by atoms with Crippen molar-refractivity contribution in [3.8, 4) is 0 Å². The molecule has 1 unspecified atom stereocenters. The number of ether oxygens (including phenoxy) is 1. The number of carbonyl (C=O) groups excluding carboxylic acids is 1. The van der Waals surface area contributed by atoms with E-state index < -0.39 is 0 Å². The maximum atomic E-state index is 12.3. The molecule has 0 radical (unpaired) electrons. The second kappa shape index (κ2) is 5.35. The number of hydrogen-bond donors (Lipinski definition) is 1. The smallest absolute Gasteiger partial charge is 0.259 e. The summed E-state index contributed by atoms with van der Waals surface area (Å²) < 4.78 is 5.49. The van der Waals surface area contributed by atoms with E-state index in [1.165, 1.54) is 12.3 Å². The maximum absolute atomic E-state index is 12.3. The van der Waals surface area contributed by atoms with E-state index in [1.54, 1.807) is 11.8 Å². The number of rotatable bonds is 1. The molecule has 0 aliphatic carbocycles. The molecule has 1 N–H and O–H groups in total. The highest BCUT2D eigenvalue weighted by Crippen LogP contribution is 2.08. The molecule has 1 aromatic rings. The highest BCUT2D eigenvalue weighted by atomic mass is 16.5. The highest BCUT2D eigenvalue weighted by molar-refractivity contribution is 5.93. The summed E-state index contributed by atoms with van der Waals surface area (Å²) >= 11 is 0. The summed E-state index contributed by atoms with van der Waals surface area (Å²) in [5.41, 5.74) is 0.730. The van der Waals surface area contributed by atoms with Crippen molar-refractivity contribution in [1.82, 2.24) is 9.88 Å². The number of nitrogens with zero attached hydrogens (tertiary/aromatic N) is 1. The number of aryl methyl sites for hydroxylation is 1. The van der Waals surface area contributed by atoms with Crippen LogP contribution in [-0.4, -0.2) is 41.6 Å². The predicted octanol–water partition coefficient (Wildman–Crippen LogP) is 0.934. The van der Waals surface area contributed by atoms with Gasteiger partial charge >= 0.3 is 0 Å². The van der Waals surface area contributed by atoms with E-state index in [2.05, 4.69) is 4.98 Å². The minimum Gasteiger partial charge on any atom is -0.377 e. The lowest BCUT2D eigenvalue weighted by Crippen LogP contribution is -2.38. The van der Waals surface area contributed by atoms with Crippen LogP contribution in [0, 0.1) is 6.92 Å². The number of aromatic nitrogens is 1. The van der Waals surface area contributed by atoms with Gasteiger partial charge < -0.3 is 14.6 Å². The maximum Gasteiger partial charge on any atom is 0.259 e. The molecule has 5 heteroatoms. The molecule has 2 rings (SSSR count). The van der Waals surface area contributed by atoms with Crippen molar-refractivity contribution < 1.29 is 9.53 Å². The van der Waals surface area contributed by atoms with Crippen LogP contribution in [0.25, 0.3) is 0 Å². The summed E-state index contributed by atoms with van der Waals surface area (Å²) in [6, 6.07) is 1.45. The van der Waals surface area contributed by atoms with Gasteiger partial charge in [-0.05, 0) is 20.3 Å². The molecule has 5 nitrogen and oxygen atoms in total. The van der Waals surface area contributed by atoms with Gasteiger partial charge in [0.25, 0.3) is 5.91 Å². The number of pyridine rings is 1. The average molecular weight is 250 g/mol. The third-order valence-corrected chi connectivity index (χ3v) is 3.03. The number of H-pyrrole nitrogens is 1. The first-order chi connectivity index (χ1) is 8.58. The summed E-state index contributed by atoms with van der Waals surface area (Å²) in [6.45, 7) is 5.56.